The number of aldehydes is 1. The monoisotopic (exact) mass is 217 g/mol. The SMILES string of the molecule is O=CCCSc1nccc2ccccc12. The molecular formula is C12H11NOS. The standard InChI is InChI=1S/C12H11NOS/c14-8-3-9-15-12-11-5-2-1-4-10(11)6-7-13-12/h1-2,4-8H,3,9H2. The maximum Gasteiger partial charge on any atom is 0.120 e. The molecule has 0 bridgehead atoms. The van der Waals surface area contributed by atoms with Gasteiger partial charge in [0.1, 0.15) is 11.3 Å². The Morgan fingerprint density at radius 3 is 3.00 bits per heavy atom. The van der Waals surface area contributed by atoms with E-state index < -0.39 is 0 Å². The zero-order chi connectivity index (χ0) is 10.5. The minimum atomic E-state index is 0.579. The van der Waals surface area contributed by atoms with Gasteiger partial charge in [0.25, 0.3) is 0 Å². The lowest BCUT2D eigenvalue weighted by atomic mass is 10.2. The van der Waals surface area contributed by atoms with Gasteiger partial charge < -0.3 is 4.79 Å². The second kappa shape index (κ2) is 4.94. The molecule has 2 nitrogen and oxygen atoms in total. The van der Waals surface area contributed by atoms with Crippen LogP contribution in [0.15, 0.2) is 41.6 Å². The molecule has 2 rings (SSSR count). The van der Waals surface area contributed by atoms with Crippen LogP contribution in [0.1, 0.15) is 6.42 Å². The van der Waals surface area contributed by atoms with Crippen molar-refractivity contribution in [2.75, 3.05) is 5.75 Å². The van der Waals surface area contributed by atoms with E-state index in [1.165, 1.54) is 5.39 Å². The zero-order valence-electron chi connectivity index (χ0n) is 8.22. The van der Waals surface area contributed by atoms with E-state index in [4.69, 9.17) is 0 Å². The van der Waals surface area contributed by atoms with Crippen LogP contribution >= 0.6 is 11.8 Å². The molecule has 0 aliphatic heterocycles. The molecule has 0 aliphatic carbocycles. The fourth-order valence-corrected chi connectivity index (χ4v) is 2.29. The summed E-state index contributed by atoms with van der Waals surface area (Å²) in [6.07, 6.45) is 3.33. The molecule has 0 amide bonds. The largest absolute Gasteiger partial charge is 0.303 e. The number of thioether (sulfide) groups is 1. The van der Waals surface area contributed by atoms with Crippen molar-refractivity contribution in [3.05, 3.63) is 36.5 Å². The summed E-state index contributed by atoms with van der Waals surface area (Å²) in [7, 11) is 0. The summed E-state index contributed by atoms with van der Waals surface area (Å²) in [4.78, 5) is 14.6. The number of fused-ring (bicyclic) bond motifs is 1. The van der Waals surface area contributed by atoms with Gasteiger partial charge in [0.15, 0.2) is 0 Å². The molecule has 1 heterocycles. The fraction of sp³-hybridized carbons (Fsp3) is 0.167. The summed E-state index contributed by atoms with van der Waals surface area (Å²) >= 11 is 1.63. The van der Waals surface area contributed by atoms with Crippen molar-refractivity contribution < 1.29 is 4.79 Å². The lowest BCUT2D eigenvalue weighted by Crippen LogP contribution is -1.85. The van der Waals surface area contributed by atoms with Crippen molar-refractivity contribution in [2.24, 2.45) is 0 Å². The summed E-state index contributed by atoms with van der Waals surface area (Å²) in [6, 6.07) is 10.2. The van der Waals surface area contributed by atoms with Crippen LogP contribution in [0, 0.1) is 0 Å². The van der Waals surface area contributed by atoms with E-state index in [2.05, 4.69) is 17.1 Å². The van der Waals surface area contributed by atoms with Gasteiger partial charge in [-0.2, -0.15) is 0 Å². The topological polar surface area (TPSA) is 30.0 Å². The number of carbonyl (C=O) groups is 1. The number of pyridine rings is 1. The van der Waals surface area contributed by atoms with Crippen molar-refractivity contribution in [3.8, 4) is 0 Å². The van der Waals surface area contributed by atoms with E-state index in [0.29, 0.717) is 6.42 Å². The number of nitrogens with zero attached hydrogens (tertiary/aromatic N) is 1. The Labute approximate surface area is 92.7 Å². The molecule has 1 aromatic heterocycles. The first-order chi connectivity index (χ1) is 7.42. The molecule has 0 saturated carbocycles. The lowest BCUT2D eigenvalue weighted by molar-refractivity contribution is -0.107. The van der Waals surface area contributed by atoms with E-state index in [-0.39, 0.29) is 0 Å². The molecule has 0 unspecified atom stereocenters. The Balaban J connectivity index is 2.30. The Hall–Kier alpha value is -1.35. The predicted octanol–water partition coefficient (Wildman–Crippen LogP) is 2.92. The van der Waals surface area contributed by atoms with Gasteiger partial charge in [0.2, 0.25) is 0 Å². The van der Waals surface area contributed by atoms with Gasteiger partial charge in [-0.05, 0) is 11.5 Å². The molecule has 0 spiro atoms. The van der Waals surface area contributed by atoms with E-state index >= 15 is 0 Å². The van der Waals surface area contributed by atoms with Crippen LogP contribution in [0.4, 0.5) is 0 Å². The summed E-state index contributed by atoms with van der Waals surface area (Å²) in [5.74, 6) is 0.796. The van der Waals surface area contributed by atoms with Crippen molar-refractivity contribution >= 4 is 28.8 Å². The van der Waals surface area contributed by atoms with Gasteiger partial charge in [-0.3, -0.25) is 0 Å². The Bertz CT molecular complexity index is 465. The van der Waals surface area contributed by atoms with Crippen LogP contribution in [0.3, 0.4) is 0 Å². The highest BCUT2D eigenvalue weighted by molar-refractivity contribution is 7.99. The summed E-state index contributed by atoms with van der Waals surface area (Å²) in [5.41, 5.74) is 0. The molecule has 3 heteroatoms. The van der Waals surface area contributed by atoms with Gasteiger partial charge in [-0.25, -0.2) is 4.98 Å². The number of benzene rings is 1. The number of hydrogen-bond acceptors (Lipinski definition) is 3. The third-order valence-corrected chi connectivity index (χ3v) is 3.15. The van der Waals surface area contributed by atoms with Crippen molar-refractivity contribution in [1.82, 2.24) is 4.98 Å². The van der Waals surface area contributed by atoms with Crippen LogP contribution in [0.5, 0.6) is 0 Å². The van der Waals surface area contributed by atoms with E-state index in [1.54, 1.807) is 11.8 Å². The molecule has 0 aliphatic rings. The van der Waals surface area contributed by atoms with Gasteiger partial charge in [0, 0.05) is 23.8 Å². The highest BCUT2D eigenvalue weighted by Gasteiger charge is 2.01. The number of aromatic nitrogens is 1. The van der Waals surface area contributed by atoms with Crippen molar-refractivity contribution in [1.29, 1.82) is 0 Å². The summed E-state index contributed by atoms with van der Waals surface area (Å²) in [6.45, 7) is 0. The zero-order valence-corrected chi connectivity index (χ0v) is 9.04. The van der Waals surface area contributed by atoms with E-state index in [1.807, 2.05) is 24.4 Å². The molecule has 0 N–H and O–H groups in total. The fourth-order valence-electron chi connectivity index (χ4n) is 1.41. The molecule has 0 atom stereocenters. The van der Waals surface area contributed by atoms with Gasteiger partial charge in [-0.15, -0.1) is 11.8 Å². The molecule has 2 aromatic rings. The molecule has 0 radical (unpaired) electrons. The first-order valence-electron chi connectivity index (χ1n) is 4.82. The molecular weight excluding hydrogens is 206 g/mol. The van der Waals surface area contributed by atoms with Crippen molar-refractivity contribution in [3.63, 3.8) is 0 Å². The smallest absolute Gasteiger partial charge is 0.120 e. The number of carbonyl (C=O) groups excluding carboxylic acids is 1. The predicted molar refractivity (Wildman–Crippen MR) is 63.1 cm³/mol. The third kappa shape index (κ3) is 2.36. The molecule has 1 aromatic carbocycles. The van der Waals surface area contributed by atoms with Gasteiger partial charge in [-0.1, -0.05) is 24.3 Å². The molecule has 15 heavy (non-hydrogen) atoms. The van der Waals surface area contributed by atoms with Crippen LogP contribution in [-0.4, -0.2) is 17.0 Å². The minimum Gasteiger partial charge on any atom is -0.303 e. The Morgan fingerprint density at radius 1 is 1.27 bits per heavy atom. The first kappa shape index (κ1) is 10.2. The number of rotatable bonds is 4. The molecule has 0 saturated heterocycles. The Kier molecular flexibility index (Phi) is 3.35. The summed E-state index contributed by atoms with van der Waals surface area (Å²) in [5, 5.41) is 3.37. The molecule has 0 fully saturated rings. The van der Waals surface area contributed by atoms with Gasteiger partial charge >= 0.3 is 0 Å². The quantitative estimate of drug-likeness (QED) is 0.448. The van der Waals surface area contributed by atoms with Crippen molar-refractivity contribution in [2.45, 2.75) is 11.4 Å². The van der Waals surface area contributed by atoms with Crippen LogP contribution in [0.2, 0.25) is 0 Å². The highest BCUT2D eigenvalue weighted by Crippen LogP contribution is 2.25. The first-order valence-corrected chi connectivity index (χ1v) is 5.80. The highest BCUT2D eigenvalue weighted by atomic mass is 32.2. The average Bonchev–Trinajstić information content (AvgIpc) is 2.30. The van der Waals surface area contributed by atoms with Crippen LogP contribution in [0.25, 0.3) is 10.8 Å². The van der Waals surface area contributed by atoms with Gasteiger partial charge in [0.05, 0.1) is 0 Å². The van der Waals surface area contributed by atoms with E-state index in [9.17, 15) is 4.79 Å². The third-order valence-electron chi connectivity index (χ3n) is 2.11. The average molecular weight is 217 g/mol. The maximum atomic E-state index is 10.2. The minimum absolute atomic E-state index is 0.579. The second-order valence-corrected chi connectivity index (χ2v) is 4.22. The second-order valence-electron chi connectivity index (χ2n) is 3.14. The summed E-state index contributed by atoms with van der Waals surface area (Å²) < 4.78 is 0. The normalized spacial score (nSPS) is 10.4. The van der Waals surface area contributed by atoms with Crippen LogP contribution in [-0.2, 0) is 4.79 Å². The number of hydrogen-bond donors (Lipinski definition) is 0. The maximum absolute atomic E-state index is 10.2. The van der Waals surface area contributed by atoms with E-state index in [0.717, 1.165) is 22.5 Å². The lowest BCUT2D eigenvalue weighted by Gasteiger charge is -2.03. The Morgan fingerprint density at radius 2 is 2.13 bits per heavy atom. The van der Waals surface area contributed by atoms with Crippen LogP contribution < -0.4 is 0 Å². The molecule has 76 valence electrons.